The molecule has 0 spiro atoms. The second-order valence-corrected chi connectivity index (χ2v) is 4.13. The van der Waals surface area contributed by atoms with Gasteiger partial charge in [0.05, 0.1) is 5.92 Å². The molecule has 5 heteroatoms. The Kier molecular flexibility index (Phi) is 4.08. The van der Waals surface area contributed by atoms with Gasteiger partial charge in [0, 0.05) is 0 Å². The predicted octanol–water partition coefficient (Wildman–Crippen LogP) is 0.679. The molecule has 5 nitrogen and oxygen atoms in total. The van der Waals surface area contributed by atoms with E-state index in [1.807, 2.05) is 0 Å². The number of carbonyl (C=O) groups is 2. The summed E-state index contributed by atoms with van der Waals surface area (Å²) in [7, 11) is 0. The van der Waals surface area contributed by atoms with Gasteiger partial charge in [-0.25, -0.2) is 0 Å². The molecule has 86 valence electrons. The Hall–Kier alpha value is -1.10. The van der Waals surface area contributed by atoms with Crippen molar-refractivity contribution in [3.05, 3.63) is 0 Å². The number of hydrogen-bond acceptors (Lipinski definition) is 3. The van der Waals surface area contributed by atoms with Gasteiger partial charge in [-0.2, -0.15) is 0 Å². The zero-order chi connectivity index (χ0) is 11.4. The van der Waals surface area contributed by atoms with Crippen LogP contribution in [0.2, 0.25) is 0 Å². The van der Waals surface area contributed by atoms with E-state index in [0.717, 1.165) is 32.1 Å². The van der Waals surface area contributed by atoms with Crippen LogP contribution in [0.3, 0.4) is 0 Å². The number of rotatable bonds is 4. The monoisotopic (exact) mass is 215 g/mol. The van der Waals surface area contributed by atoms with Crippen LogP contribution in [-0.4, -0.2) is 28.2 Å². The topological polar surface area (TPSA) is 101 Å². The Balaban J connectivity index is 2.71. The number of aliphatic carboxylic acids is 2. The van der Waals surface area contributed by atoms with Crippen molar-refractivity contribution in [2.24, 2.45) is 17.6 Å². The van der Waals surface area contributed by atoms with Gasteiger partial charge in [-0.1, -0.05) is 19.3 Å². The van der Waals surface area contributed by atoms with Crippen LogP contribution in [0.1, 0.15) is 32.1 Å². The van der Waals surface area contributed by atoms with E-state index in [2.05, 4.69) is 0 Å². The Morgan fingerprint density at radius 1 is 1.07 bits per heavy atom. The van der Waals surface area contributed by atoms with E-state index in [0.29, 0.717) is 0 Å². The molecule has 1 saturated carbocycles. The van der Waals surface area contributed by atoms with E-state index < -0.39 is 23.9 Å². The van der Waals surface area contributed by atoms with Crippen LogP contribution in [0, 0.1) is 11.8 Å². The zero-order valence-corrected chi connectivity index (χ0v) is 8.56. The number of nitrogens with two attached hydrogens (primary N) is 1. The maximum absolute atomic E-state index is 11.0. The standard InChI is InChI=1S/C10H17NO4/c11-8(10(14)15)7(9(12)13)6-4-2-1-3-5-6/h6-8H,1-5,11H2,(H,12,13)(H,14,15). The molecule has 4 N–H and O–H groups in total. The summed E-state index contributed by atoms with van der Waals surface area (Å²) in [5.74, 6) is -3.34. The third kappa shape index (κ3) is 2.92. The van der Waals surface area contributed by atoms with Crippen LogP contribution in [0.25, 0.3) is 0 Å². The van der Waals surface area contributed by atoms with Gasteiger partial charge in [0.1, 0.15) is 6.04 Å². The fraction of sp³-hybridized carbons (Fsp3) is 0.800. The summed E-state index contributed by atoms with van der Waals surface area (Å²) < 4.78 is 0. The first-order chi connectivity index (χ1) is 7.04. The highest BCUT2D eigenvalue weighted by molar-refractivity contribution is 5.82. The molecule has 1 rings (SSSR count). The molecule has 0 aromatic carbocycles. The minimum absolute atomic E-state index is 0.0812. The normalized spacial score (nSPS) is 21.9. The summed E-state index contributed by atoms with van der Waals surface area (Å²) in [6.45, 7) is 0. The SMILES string of the molecule is NC(C(=O)O)C(C(=O)O)C1CCCCC1. The summed E-state index contributed by atoms with van der Waals surface area (Å²) in [6.07, 6.45) is 4.60. The fourth-order valence-corrected chi connectivity index (χ4v) is 2.30. The first-order valence-electron chi connectivity index (χ1n) is 5.25. The van der Waals surface area contributed by atoms with Gasteiger partial charge in [-0.05, 0) is 18.8 Å². The molecule has 0 bridgehead atoms. The molecule has 2 unspecified atom stereocenters. The Morgan fingerprint density at radius 3 is 2.00 bits per heavy atom. The minimum atomic E-state index is -1.29. The molecule has 0 heterocycles. The van der Waals surface area contributed by atoms with E-state index in [1.165, 1.54) is 0 Å². The maximum atomic E-state index is 11.0. The van der Waals surface area contributed by atoms with Crippen molar-refractivity contribution in [3.8, 4) is 0 Å². The molecular weight excluding hydrogens is 198 g/mol. The molecule has 1 fully saturated rings. The van der Waals surface area contributed by atoms with Crippen LogP contribution in [0.4, 0.5) is 0 Å². The Bertz CT molecular complexity index is 248. The molecule has 0 aromatic heterocycles. The molecule has 1 aliphatic rings. The maximum Gasteiger partial charge on any atom is 0.321 e. The summed E-state index contributed by atoms with van der Waals surface area (Å²) in [6, 6.07) is -1.29. The fourth-order valence-electron chi connectivity index (χ4n) is 2.30. The second-order valence-electron chi connectivity index (χ2n) is 4.13. The Labute approximate surface area is 88.3 Å². The second kappa shape index (κ2) is 5.11. The van der Waals surface area contributed by atoms with Gasteiger partial charge in [-0.3, -0.25) is 9.59 Å². The first-order valence-corrected chi connectivity index (χ1v) is 5.25. The molecule has 0 amide bonds. The first kappa shape index (κ1) is 12.0. The van der Waals surface area contributed by atoms with Crippen molar-refractivity contribution in [1.82, 2.24) is 0 Å². The number of carboxylic acid groups (broad SMARTS) is 2. The van der Waals surface area contributed by atoms with Crippen molar-refractivity contribution in [2.75, 3.05) is 0 Å². The molecule has 1 aliphatic carbocycles. The summed E-state index contributed by atoms with van der Waals surface area (Å²) in [4.78, 5) is 21.7. The summed E-state index contributed by atoms with van der Waals surface area (Å²) >= 11 is 0. The van der Waals surface area contributed by atoms with Gasteiger partial charge < -0.3 is 15.9 Å². The lowest BCUT2D eigenvalue weighted by Crippen LogP contribution is -2.46. The van der Waals surface area contributed by atoms with Crippen LogP contribution in [-0.2, 0) is 9.59 Å². The van der Waals surface area contributed by atoms with Crippen molar-refractivity contribution >= 4 is 11.9 Å². The summed E-state index contributed by atoms with van der Waals surface area (Å²) in [5, 5.41) is 17.7. The third-order valence-electron chi connectivity index (χ3n) is 3.11. The van der Waals surface area contributed by atoms with Crippen molar-refractivity contribution in [2.45, 2.75) is 38.1 Å². The lowest BCUT2D eigenvalue weighted by atomic mass is 9.77. The van der Waals surface area contributed by atoms with Crippen molar-refractivity contribution < 1.29 is 19.8 Å². The molecule has 0 radical (unpaired) electrons. The quantitative estimate of drug-likeness (QED) is 0.640. The highest BCUT2D eigenvalue weighted by atomic mass is 16.4. The lowest BCUT2D eigenvalue weighted by molar-refractivity contribution is -0.152. The van der Waals surface area contributed by atoms with Crippen LogP contribution < -0.4 is 5.73 Å². The number of hydrogen-bond donors (Lipinski definition) is 3. The van der Waals surface area contributed by atoms with E-state index in [-0.39, 0.29) is 5.92 Å². The lowest BCUT2D eigenvalue weighted by Gasteiger charge is -2.29. The van der Waals surface area contributed by atoms with E-state index in [4.69, 9.17) is 15.9 Å². The zero-order valence-electron chi connectivity index (χ0n) is 8.56. The average Bonchev–Trinajstić information content (AvgIpc) is 2.18. The van der Waals surface area contributed by atoms with Crippen LogP contribution >= 0.6 is 0 Å². The van der Waals surface area contributed by atoms with Gasteiger partial charge >= 0.3 is 11.9 Å². The van der Waals surface area contributed by atoms with Crippen molar-refractivity contribution in [3.63, 3.8) is 0 Å². The molecule has 0 aliphatic heterocycles. The minimum Gasteiger partial charge on any atom is -0.481 e. The molecule has 2 atom stereocenters. The Morgan fingerprint density at radius 2 is 1.60 bits per heavy atom. The number of carboxylic acids is 2. The van der Waals surface area contributed by atoms with E-state index in [1.54, 1.807) is 0 Å². The molecule has 15 heavy (non-hydrogen) atoms. The van der Waals surface area contributed by atoms with Crippen molar-refractivity contribution in [1.29, 1.82) is 0 Å². The van der Waals surface area contributed by atoms with Gasteiger partial charge in [0.15, 0.2) is 0 Å². The molecule has 0 saturated heterocycles. The largest absolute Gasteiger partial charge is 0.481 e. The highest BCUT2D eigenvalue weighted by Crippen LogP contribution is 2.31. The van der Waals surface area contributed by atoms with Gasteiger partial charge in [0.2, 0.25) is 0 Å². The molecule has 0 aromatic rings. The third-order valence-corrected chi connectivity index (χ3v) is 3.11. The van der Waals surface area contributed by atoms with Crippen LogP contribution in [0.15, 0.2) is 0 Å². The van der Waals surface area contributed by atoms with Gasteiger partial charge in [-0.15, -0.1) is 0 Å². The van der Waals surface area contributed by atoms with E-state index >= 15 is 0 Å². The predicted molar refractivity (Wildman–Crippen MR) is 53.3 cm³/mol. The average molecular weight is 215 g/mol. The molecular formula is C10H17NO4. The smallest absolute Gasteiger partial charge is 0.321 e. The highest BCUT2D eigenvalue weighted by Gasteiger charge is 2.37. The van der Waals surface area contributed by atoms with E-state index in [9.17, 15) is 9.59 Å². The van der Waals surface area contributed by atoms with Crippen LogP contribution in [0.5, 0.6) is 0 Å². The van der Waals surface area contributed by atoms with Gasteiger partial charge in [0.25, 0.3) is 0 Å². The summed E-state index contributed by atoms with van der Waals surface area (Å²) in [5.41, 5.74) is 5.41.